The molecule has 0 amide bonds. The molecule has 0 atom stereocenters. The van der Waals surface area contributed by atoms with Crippen LogP contribution in [0, 0.1) is 0 Å². The smallest absolute Gasteiger partial charge is 0.325 e. The highest BCUT2D eigenvalue weighted by molar-refractivity contribution is 7.80. The van der Waals surface area contributed by atoms with Crippen molar-refractivity contribution in [2.24, 2.45) is 0 Å². The van der Waals surface area contributed by atoms with E-state index in [4.69, 9.17) is 33.3 Å². The standard InChI is InChI=1S/C16H16ClNO3S/c1-3-21-14(19)9-18-16(22)12-8-13(17)15(20-2)11-7-5-4-6-10(11)12/h4-8H,3,9H2,1-2H3,(H,18,22). The van der Waals surface area contributed by atoms with Gasteiger partial charge in [-0.2, -0.15) is 0 Å². The minimum Gasteiger partial charge on any atom is -0.495 e. The molecule has 0 aliphatic rings. The fourth-order valence-corrected chi connectivity index (χ4v) is 2.70. The highest BCUT2D eigenvalue weighted by Gasteiger charge is 2.14. The van der Waals surface area contributed by atoms with E-state index < -0.39 is 0 Å². The van der Waals surface area contributed by atoms with Gasteiger partial charge in [0.2, 0.25) is 0 Å². The number of halogens is 1. The van der Waals surface area contributed by atoms with Crippen LogP contribution in [0.25, 0.3) is 10.8 Å². The normalized spacial score (nSPS) is 10.3. The Morgan fingerprint density at radius 2 is 2.00 bits per heavy atom. The van der Waals surface area contributed by atoms with Gasteiger partial charge in [-0.3, -0.25) is 4.79 Å². The monoisotopic (exact) mass is 337 g/mol. The van der Waals surface area contributed by atoms with Crippen molar-refractivity contribution in [1.82, 2.24) is 5.32 Å². The molecule has 0 aliphatic carbocycles. The zero-order chi connectivity index (χ0) is 16.1. The van der Waals surface area contributed by atoms with Crippen LogP contribution in [0.3, 0.4) is 0 Å². The SMILES string of the molecule is CCOC(=O)CNC(=S)c1cc(Cl)c(OC)c2ccccc12. The summed E-state index contributed by atoms with van der Waals surface area (Å²) in [6.45, 7) is 2.11. The fraction of sp³-hybridized carbons (Fsp3) is 0.250. The lowest BCUT2D eigenvalue weighted by molar-refractivity contribution is -0.141. The van der Waals surface area contributed by atoms with Crippen molar-refractivity contribution in [3.05, 3.63) is 40.9 Å². The second-order valence-corrected chi connectivity index (χ2v) is 5.29. The number of hydrogen-bond acceptors (Lipinski definition) is 4. The third kappa shape index (κ3) is 3.48. The largest absolute Gasteiger partial charge is 0.495 e. The first-order valence-electron chi connectivity index (χ1n) is 6.77. The maximum atomic E-state index is 11.4. The summed E-state index contributed by atoms with van der Waals surface area (Å²) in [7, 11) is 1.57. The molecule has 0 aliphatic heterocycles. The van der Waals surface area contributed by atoms with Crippen molar-refractivity contribution in [2.45, 2.75) is 6.92 Å². The number of nitrogens with one attached hydrogen (secondary N) is 1. The van der Waals surface area contributed by atoms with Gasteiger partial charge in [-0.25, -0.2) is 0 Å². The molecule has 4 nitrogen and oxygen atoms in total. The number of hydrogen-bond donors (Lipinski definition) is 1. The minimum absolute atomic E-state index is 0.0185. The van der Waals surface area contributed by atoms with Gasteiger partial charge >= 0.3 is 5.97 Å². The molecule has 0 saturated heterocycles. The third-order valence-corrected chi connectivity index (χ3v) is 3.74. The van der Waals surface area contributed by atoms with E-state index in [2.05, 4.69) is 5.32 Å². The van der Waals surface area contributed by atoms with Crippen LogP contribution in [0.5, 0.6) is 5.75 Å². The van der Waals surface area contributed by atoms with E-state index in [-0.39, 0.29) is 12.5 Å². The first kappa shape index (κ1) is 16.5. The lowest BCUT2D eigenvalue weighted by atomic mass is 10.0. The number of fused-ring (bicyclic) bond motifs is 1. The number of benzene rings is 2. The Balaban J connectivity index is 2.35. The van der Waals surface area contributed by atoms with E-state index >= 15 is 0 Å². The third-order valence-electron chi connectivity index (χ3n) is 3.10. The molecule has 0 unspecified atom stereocenters. The van der Waals surface area contributed by atoms with Crippen LogP contribution in [0.1, 0.15) is 12.5 Å². The maximum absolute atomic E-state index is 11.4. The Kier molecular flexibility index (Phi) is 5.57. The summed E-state index contributed by atoms with van der Waals surface area (Å²) in [5.41, 5.74) is 0.751. The number of esters is 1. The number of thiocarbonyl (C=S) groups is 1. The van der Waals surface area contributed by atoms with Gasteiger partial charge in [0.15, 0.2) is 0 Å². The van der Waals surface area contributed by atoms with Gasteiger partial charge in [0.1, 0.15) is 17.3 Å². The van der Waals surface area contributed by atoms with Gasteiger partial charge in [0.25, 0.3) is 0 Å². The molecule has 0 bridgehead atoms. The van der Waals surface area contributed by atoms with Gasteiger partial charge in [-0.15, -0.1) is 0 Å². The number of carbonyl (C=O) groups excluding carboxylic acids is 1. The van der Waals surface area contributed by atoms with Gasteiger partial charge < -0.3 is 14.8 Å². The summed E-state index contributed by atoms with van der Waals surface area (Å²) < 4.78 is 10.2. The molecule has 22 heavy (non-hydrogen) atoms. The van der Waals surface area contributed by atoms with Crippen LogP contribution >= 0.6 is 23.8 Å². The van der Waals surface area contributed by atoms with E-state index in [1.165, 1.54) is 0 Å². The van der Waals surface area contributed by atoms with Crippen LogP contribution in [-0.4, -0.2) is 31.2 Å². The van der Waals surface area contributed by atoms with Crippen molar-refractivity contribution < 1.29 is 14.3 Å². The predicted octanol–water partition coefficient (Wildman–Crippen LogP) is 3.33. The van der Waals surface area contributed by atoms with Gasteiger partial charge in [0.05, 0.1) is 18.7 Å². The lowest BCUT2D eigenvalue weighted by Crippen LogP contribution is -2.30. The summed E-state index contributed by atoms with van der Waals surface area (Å²) in [6.07, 6.45) is 0. The van der Waals surface area contributed by atoms with Crippen molar-refractivity contribution in [3.8, 4) is 5.75 Å². The number of rotatable bonds is 5. The summed E-state index contributed by atoms with van der Waals surface area (Å²) in [6, 6.07) is 9.40. The first-order chi connectivity index (χ1) is 10.6. The maximum Gasteiger partial charge on any atom is 0.325 e. The van der Waals surface area contributed by atoms with Crippen molar-refractivity contribution in [1.29, 1.82) is 0 Å². The summed E-state index contributed by atoms with van der Waals surface area (Å²) >= 11 is 11.6. The molecule has 1 N–H and O–H groups in total. The van der Waals surface area contributed by atoms with E-state index in [0.29, 0.717) is 22.4 Å². The second kappa shape index (κ2) is 7.42. The second-order valence-electron chi connectivity index (χ2n) is 4.47. The van der Waals surface area contributed by atoms with Crippen LogP contribution < -0.4 is 10.1 Å². The molecule has 0 radical (unpaired) electrons. The Bertz CT molecular complexity index is 718. The quantitative estimate of drug-likeness (QED) is 0.670. The van der Waals surface area contributed by atoms with Crippen molar-refractivity contribution in [3.63, 3.8) is 0 Å². The molecule has 0 aromatic heterocycles. The summed E-state index contributed by atoms with van der Waals surface area (Å²) in [4.78, 5) is 11.9. The highest BCUT2D eigenvalue weighted by Crippen LogP contribution is 2.35. The van der Waals surface area contributed by atoms with Gasteiger partial charge in [-0.05, 0) is 18.4 Å². The molecular weight excluding hydrogens is 322 g/mol. The predicted molar refractivity (Wildman–Crippen MR) is 91.8 cm³/mol. The van der Waals surface area contributed by atoms with E-state index in [1.54, 1.807) is 20.1 Å². The van der Waals surface area contributed by atoms with Crippen molar-refractivity contribution >= 4 is 45.5 Å². The zero-order valence-electron chi connectivity index (χ0n) is 12.3. The van der Waals surface area contributed by atoms with E-state index in [1.807, 2.05) is 24.3 Å². The number of carbonyl (C=O) groups is 1. The Labute approximate surface area is 139 Å². The number of ether oxygens (including phenoxy) is 2. The molecule has 6 heteroatoms. The van der Waals surface area contributed by atoms with Crippen LogP contribution in [-0.2, 0) is 9.53 Å². The molecule has 2 aromatic carbocycles. The molecule has 2 rings (SSSR count). The van der Waals surface area contributed by atoms with Crippen LogP contribution in [0.2, 0.25) is 5.02 Å². The number of methoxy groups -OCH3 is 1. The molecule has 116 valence electrons. The Hall–Kier alpha value is -1.85. The minimum atomic E-state index is -0.353. The average molecular weight is 338 g/mol. The summed E-state index contributed by atoms with van der Waals surface area (Å²) in [5, 5.41) is 5.14. The first-order valence-corrected chi connectivity index (χ1v) is 7.56. The average Bonchev–Trinajstić information content (AvgIpc) is 2.52. The zero-order valence-corrected chi connectivity index (χ0v) is 13.9. The van der Waals surface area contributed by atoms with Crippen molar-refractivity contribution in [2.75, 3.05) is 20.3 Å². The van der Waals surface area contributed by atoms with Gasteiger partial charge in [-0.1, -0.05) is 48.1 Å². The Morgan fingerprint density at radius 3 is 2.64 bits per heavy atom. The molecule has 0 spiro atoms. The lowest BCUT2D eigenvalue weighted by Gasteiger charge is -2.14. The molecule has 2 aromatic rings. The molecule has 0 fully saturated rings. The van der Waals surface area contributed by atoms with E-state index in [0.717, 1.165) is 16.3 Å². The molecule has 0 saturated carbocycles. The van der Waals surface area contributed by atoms with Crippen LogP contribution in [0.4, 0.5) is 0 Å². The topological polar surface area (TPSA) is 47.6 Å². The highest BCUT2D eigenvalue weighted by atomic mass is 35.5. The summed E-state index contributed by atoms with van der Waals surface area (Å²) in [5.74, 6) is 0.253. The molecule has 0 heterocycles. The van der Waals surface area contributed by atoms with Crippen LogP contribution in [0.15, 0.2) is 30.3 Å². The van der Waals surface area contributed by atoms with E-state index in [9.17, 15) is 4.79 Å². The molecular formula is C16H16ClNO3S. The Morgan fingerprint density at radius 1 is 1.32 bits per heavy atom. The fourth-order valence-electron chi connectivity index (χ4n) is 2.17. The van der Waals surface area contributed by atoms with Gasteiger partial charge in [0, 0.05) is 10.9 Å².